The van der Waals surface area contributed by atoms with E-state index in [1.54, 1.807) is 18.7 Å². The van der Waals surface area contributed by atoms with Crippen molar-refractivity contribution in [2.24, 2.45) is 0 Å². The van der Waals surface area contributed by atoms with Gasteiger partial charge in [-0.3, -0.25) is 9.59 Å². The fourth-order valence-electron chi connectivity index (χ4n) is 2.41. The first-order chi connectivity index (χ1) is 9.67. The molecule has 1 saturated heterocycles. The highest BCUT2D eigenvalue weighted by Crippen LogP contribution is 2.36. The van der Waals surface area contributed by atoms with Gasteiger partial charge in [-0.15, -0.1) is 0 Å². The molecule has 1 aliphatic heterocycles. The highest BCUT2D eigenvalue weighted by atomic mass is 19.4. The Morgan fingerprint density at radius 1 is 1.33 bits per heavy atom. The maximum atomic E-state index is 13.0. The van der Waals surface area contributed by atoms with Crippen LogP contribution in [0.3, 0.4) is 0 Å². The summed E-state index contributed by atoms with van der Waals surface area (Å²) in [6.45, 7) is 4.04. The molecule has 1 amide bonds. The predicted molar refractivity (Wildman–Crippen MR) is 71.3 cm³/mol. The van der Waals surface area contributed by atoms with Crippen LogP contribution >= 0.6 is 0 Å². The Labute approximate surface area is 119 Å². The number of hydrogen-bond acceptors (Lipinski definition) is 3. The number of alkyl halides is 3. The van der Waals surface area contributed by atoms with Crippen molar-refractivity contribution in [3.05, 3.63) is 29.3 Å². The van der Waals surface area contributed by atoms with E-state index < -0.39 is 22.8 Å². The molecule has 7 heteroatoms. The van der Waals surface area contributed by atoms with Crippen molar-refractivity contribution in [2.75, 3.05) is 18.0 Å². The van der Waals surface area contributed by atoms with Gasteiger partial charge >= 0.3 is 6.18 Å². The van der Waals surface area contributed by atoms with E-state index in [1.165, 1.54) is 6.07 Å². The summed E-state index contributed by atoms with van der Waals surface area (Å²) in [7, 11) is 0. The van der Waals surface area contributed by atoms with Gasteiger partial charge in [0.05, 0.1) is 5.56 Å². The number of piperazine rings is 1. The third kappa shape index (κ3) is 2.72. The molecular weight excluding hydrogens is 285 g/mol. The van der Waals surface area contributed by atoms with Crippen molar-refractivity contribution < 1.29 is 22.8 Å². The lowest BCUT2D eigenvalue weighted by molar-refractivity contribution is -0.137. The van der Waals surface area contributed by atoms with Gasteiger partial charge in [-0.2, -0.15) is 13.2 Å². The van der Waals surface area contributed by atoms with Gasteiger partial charge in [0.1, 0.15) is 5.54 Å². The van der Waals surface area contributed by atoms with Crippen LogP contribution in [0.25, 0.3) is 0 Å². The van der Waals surface area contributed by atoms with Crippen LogP contribution < -0.4 is 10.2 Å². The molecule has 1 heterocycles. The number of aldehydes is 1. The first-order valence-electron chi connectivity index (χ1n) is 6.40. The Morgan fingerprint density at radius 3 is 2.57 bits per heavy atom. The molecule has 1 N–H and O–H groups in total. The van der Waals surface area contributed by atoms with Crippen molar-refractivity contribution in [1.82, 2.24) is 5.32 Å². The fraction of sp³-hybridized carbons (Fsp3) is 0.429. The van der Waals surface area contributed by atoms with Crippen LogP contribution in [-0.2, 0) is 11.0 Å². The monoisotopic (exact) mass is 300 g/mol. The van der Waals surface area contributed by atoms with E-state index in [0.717, 1.165) is 12.1 Å². The van der Waals surface area contributed by atoms with Crippen molar-refractivity contribution in [2.45, 2.75) is 25.6 Å². The first-order valence-corrected chi connectivity index (χ1v) is 6.40. The lowest BCUT2D eigenvalue weighted by atomic mass is 9.96. The van der Waals surface area contributed by atoms with Crippen molar-refractivity contribution in [3.63, 3.8) is 0 Å². The Balaban J connectivity index is 2.50. The van der Waals surface area contributed by atoms with Crippen LogP contribution in [0.1, 0.15) is 29.8 Å². The van der Waals surface area contributed by atoms with Crippen LogP contribution in [0.4, 0.5) is 18.9 Å². The first kappa shape index (κ1) is 15.3. The molecule has 2 rings (SSSR count). The quantitative estimate of drug-likeness (QED) is 0.852. The molecule has 0 radical (unpaired) electrons. The molecule has 0 aliphatic carbocycles. The third-order valence-electron chi connectivity index (χ3n) is 3.63. The molecule has 0 bridgehead atoms. The normalized spacial score (nSPS) is 18.3. The number of halogens is 3. The number of hydrogen-bond donors (Lipinski definition) is 1. The summed E-state index contributed by atoms with van der Waals surface area (Å²) < 4.78 is 39.0. The molecule has 21 heavy (non-hydrogen) atoms. The van der Waals surface area contributed by atoms with Crippen LogP contribution in [0.5, 0.6) is 0 Å². The van der Waals surface area contributed by atoms with Crippen LogP contribution in [0.2, 0.25) is 0 Å². The van der Waals surface area contributed by atoms with E-state index in [2.05, 4.69) is 5.32 Å². The molecule has 1 fully saturated rings. The number of anilines is 1. The maximum absolute atomic E-state index is 13.0. The van der Waals surface area contributed by atoms with Gasteiger partial charge < -0.3 is 10.2 Å². The number of nitrogens with zero attached hydrogens (tertiary/aromatic N) is 1. The average molecular weight is 300 g/mol. The Hall–Kier alpha value is -2.05. The van der Waals surface area contributed by atoms with E-state index in [4.69, 9.17) is 0 Å². The minimum Gasteiger partial charge on any atom is -0.356 e. The molecule has 1 aromatic carbocycles. The zero-order valence-corrected chi connectivity index (χ0v) is 11.6. The van der Waals surface area contributed by atoms with E-state index in [-0.39, 0.29) is 17.9 Å². The fourth-order valence-corrected chi connectivity index (χ4v) is 2.41. The number of benzene rings is 1. The second-order valence-electron chi connectivity index (χ2n) is 5.35. The second-order valence-corrected chi connectivity index (χ2v) is 5.35. The van der Waals surface area contributed by atoms with Gasteiger partial charge in [-0.05, 0) is 32.0 Å². The Morgan fingerprint density at radius 2 is 2.00 bits per heavy atom. The second kappa shape index (κ2) is 5.05. The summed E-state index contributed by atoms with van der Waals surface area (Å²) in [5, 5.41) is 2.68. The van der Waals surface area contributed by atoms with Gasteiger partial charge in [0.25, 0.3) is 0 Å². The third-order valence-corrected chi connectivity index (χ3v) is 3.63. The molecule has 0 saturated carbocycles. The van der Waals surface area contributed by atoms with Crippen LogP contribution in [0, 0.1) is 0 Å². The molecule has 0 aromatic heterocycles. The molecule has 1 aliphatic rings. The number of amides is 1. The maximum Gasteiger partial charge on any atom is 0.417 e. The van der Waals surface area contributed by atoms with E-state index in [9.17, 15) is 22.8 Å². The highest BCUT2D eigenvalue weighted by Gasteiger charge is 2.39. The summed E-state index contributed by atoms with van der Waals surface area (Å²) in [6.07, 6.45) is -4.44. The van der Waals surface area contributed by atoms with E-state index >= 15 is 0 Å². The van der Waals surface area contributed by atoms with Gasteiger partial charge in [-0.1, -0.05) is 0 Å². The number of nitrogens with one attached hydrogen (secondary N) is 1. The molecule has 0 unspecified atom stereocenters. The van der Waals surface area contributed by atoms with Crippen molar-refractivity contribution in [3.8, 4) is 0 Å². The minimum absolute atomic E-state index is 0.181. The standard InChI is InChI=1S/C14H15F3N2O2/c1-13(2)12(21)18-5-6-19(13)10-4-3-9(8-20)11(7-10)14(15,16)17/h3-4,7-8H,5-6H2,1-2H3,(H,18,21). The van der Waals surface area contributed by atoms with E-state index in [0.29, 0.717) is 13.1 Å². The lowest BCUT2D eigenvalue weighted by Crippen LogP contribution is -2.62. The summed E-state index contributed by atoms with van der Waals surface area (Å²) in [6, 6.07) is 3.48. The molecule has 0 atom stereocenters. The summed E-state index contributed by atoms with van der Waals surface area (Å²) >= 11 is 0. The van der Waals surface area contributed by atoms with Crippen molar-refractivity contribution in [1.29, 1.82) is 0 Å². The molecule has 114 valence electrons. The number of carbonyl (C=O) groups is 2. The zero-order chi connectivity index (χ0) is 15.8. The average Bonchev–Trinajstić information content (AvgIpc) is 2.40. The van der Waals surface area contributed by atoms with Crippen LogP contribution in [0.15, 0.2) is 18.2 Å². The van der Waals surface area contributed by atoms with Gasteiger partial charge in [-0.25, -0.2) is 0 Å². The van der Waals surface area contributed by atoms with Gasteiger partial charge in [0.2, 0.25) is 5.91 Å². The Bertz CT molecular complexity index is 582. The van der Waals surface area contributed by atoms with E-state index in [1.807, 2.05) is 0 Å². The Kier molecular flexibility index (Phi) is 3.69. The largest absolute Gasteiger partial charge is 0.417 e. The number of rotatable bonds is 2. The molecular formula is C14H15F3N2O2. The molecule has 0 spiro atoms. The summed E-state index contributed by atoms with van der Waals surface area (Å²) in [5.74, 6) is -0.248. The zero-order valence-electron chi connectivity index (χ0n) is 11.6. The summed E-state index contributed by atoms with van der Waals surface area (Å²) in [4.78, 5) is 24.2. The lowest BCUT2D eigenvalue weighted by Gasteiger charge is -2.43. The summed E-state index contributed by atoms with van der Waals surface area (Å²) in [5.41, 5.74) is -2.08. The minimum atomic E-state index is -4.62. The molecule has 4 nitrogen and oxygen atoms in total. The number of carbonyl (C=O) groups excluding carboxylic acids is 2. The van der Waals surface area contributed by atoms with Gasteiger partial charge in [0, 0.05) is 24.3 Å². The predicted octanol–water partition coefficient (Wildman–Crippen LogP) is 2.23. The topological polar surface area (TPSA) is 49.4 Å². The molecule has 1 aromatic rings. The van der Waals surface area contributed by atoms with Crippen LogP contribution in [-0.4, -0.2) is 30.8 Å². The highest BCUT2D eigenvalue weighted by molar-refractivity contribution is 5.90. The smallest absolute Gasteiger partial charge is 0.356 e. The van der Waals surface area contributed by atoms with Gasteiger partial charge in [0.15, 0.2) is 6.29 Å². The SMILES string of the molecule is CC1(C)C(=O)NCCN1c1ccc(C=O)c(C(F)(F)F)c1. The van der Waals surface area contributed by atoms with Crippen molar-refractivity contribution >= 4 is 17.9 Å².